The highest BCUT2D eigenvalue weighted by Gasteiger charge is 2.22. The first-order valence-corrected chi connectivity index (χ1v) is 8.27. The first-order chi connectivity index (χ1) is 9.71. The van der Waals surface area contributed by atoms with Crippen LogP contribution in [0.2, 0.25) is 5.02 Å². The summed E-state index contributed by atoms with van der Waals surface area (Å²) in [5.41, 5.74) is 2.15. The lowest BCUT2D eigenvalue weighted by Gasteiger charge is -2.23. The van der Waals surface area contributed by atoms with E-state index in [1.807, 2.05) is 4.68 Å². The molecule has 114 valence electrons. The Morgan fingerprint density at radius 2 is 2.10 bits per heavy atom. The predicted octanol–water partition coefficient (Wildman–Crippen LogP) is 2.69. The molecular weight excluding hydrogens is 272 g/mol. The van der Waals surface area contributed by atoms with Gasteiger partial charge in [-0.15, -0.1) is 0 Å². The SMILES string of the molecule is CCc1nn(CC)c(CNCC2CCCN2CC)c1Cl. The molecule has 1 aromatic heterocycles. The van der Waals surface area contributed by atoms with Gasteiger partial charge in [-0.1, -0.05) is 25.4 Å². The van der Waals surface area contributed by atoms with E-state index in [-0.39, 0.29) is 0 Å². The highest BCUT2D eigenvalue weighted by atomic mass is 35.5. The number of nitrogens with one attached hydrogen (secondary N) is 1. The molecule has 0 spiro atoms. The molecule has 1 fully saturated rings. The smallest absolute Gasteiger partial charge is 0.0863 e. The Hall–Kier alpha value is -0.580. The maximum atomic E-state index is 6.43. The van der Waals surface area contributed by atoms with Gasteiger partial charge in [-0.3, -0.25) is 9.58 Å². The van der Waals surface area contributed by atoms with E-state index >= 15 is 0 Å². The third kappa shape index (κ3) is 3.35. The maximum Gasteiger partial charge on any atom is 0.0863 e. The fourth-order valence-electron chi connectivity index (χ4n) is 3.09. The molecule has 0 saturated carbocycles. The molecule has 1 saturated heterocycles. The first-order valence-electron chi connectivity index (χ1n) is 7.90. The van der Waals surface area contributed by atoms with Crippen LogP contribution in [0, 0.1) is 0 Å². The van der Waals surface area contributed by atoms with Gasteiger partial charge in [0.1, 0.15) is 0 Å². The minimum Gasteiger partial charge on any atom is -0.310 e. The van der Waals surface area contributed by atoms with Gasteiger partial charge in [-0.2, -0.15) is 5.10 Å². The summed E-state index contributed by atoms with van der Waals surface area (Å²) >= 11 is 6.43. The normalized spacial score (nSPS) is 19.9. The second-order valence-corrected chi connectivity index (χ2v) is 5.81. The standard InChI is InChI=1S/C15H27ClN4/c1-4-13-15(16)14(20(6-3)18-13)11-17-10-12-8-7-9-19(12)5-2/h12,17H,4-11H2,1-3H3. The van der Waals surface area contributed by atoms with Gasteiger partial charge < -0.3 is 5.32 Å². The average molecular weight is 299 g/mol. The molecule has 2 rings (SSSR count). The summed E-state index contributed by atoms with van der Waals surface area (Å²) in [4.78, 5) is 2.56. The molecule has 0 radical (unpaired) electrons. The molecule has 1 aromatic rings. The number of hydrogen-bond donors (Lipinski definition) is 1. The minimum absolute atomic E-state index is 0.683. The van der Waals surface area contributed by atoms with Crippen molar-refractivity contribution in [1.82, 2.24) is 20.0 Å². The van der Waals surface area contributed by atoms with Crippen molar-refractivity contribution in [3.8, 4) is 0 Å². The van der Waals surface area contributed by atoms with Crippen LogP contribution in [-0.4, -0.2) is 40.4 Å². The second-order valence-electron chi connectivity index (χ2n) is 5.43. The average Bonchev–Trinajstić information content (AvgIpc) is 3.04. The monoisotopic (exact) mass is 298 g/mol. The van der Waals surface area contributed by atoms with E-state index in [1.54, 1.807) is 0 Å². The molecule has 20 heavy (non-hydrogen) atoms. The Morgan fingerprint density at radius 1 is 1.30 bits per heavy atom. The maximum absolute atomic E-state index is 6.43. The lowest BCUT2D eigenvalue weighted by molar-refractivity contribution is 0.259. The van der Waals surface area contributed by atoms with Gasteiger partial charge in [-0.25, -0.2) is 0 Å². The zero-order valence-electron chi connectivity index (χ0n) is 13.0. The molecule has 0 aliphatic carbocycles. The van der Waals surface area contributed by atoms with Crippen molar-refractivity contribution in [2.75, 3.05) is 19.6 Å². The molecule has 1 atom stereocenters. The van der Waals surface area contributed by atoms with E-state index in [2.05, 4.69) is 36.1 Å². The van der Waals surface area contributed by atoms with Crippen LogP contribution < -0.4 is 5.32 Å². The van der Waals surface area contributed by atoms with E-state index in [0.717, 1.165) is 49.0 Å². The summed E-state index contributed by atoms with van der Waals surface area (Å²) in [6.45, 7) is 11.6. The molecule has 0 aromatic carbocycles. The summed E-state index contributed by atoms with van der Waals surface area (Å²) in [5, 5.41) is 8.98. The van der Waals surface area contributed by atoms with Crippen molar-refractivity contribution in [3.63, 3.8) is 0 Å². The molecule has 1 aliphatic heterocycles. The highest BCUT2D eigenvalue weighted by Crippen LogP contribution is 2.22. The van der Waals surface area contributed by atoms with Crippen molar-refractivity contribution in [2.45, 2.75) is 59.2 Å². The van der Waals surface area contributed by atoms with Crippen molar-refractivity contribution >= 4 is 11.6 Å². The number of rotatable bonds is 7. The number of nitrogens with zero attached hydrogens (tertiary/aromatic N) is 3. The second kappa shape index (κ2) is 7.43. The molecule has 2 heterocycles. The van der Waals surface area contributed by atoms with E-state index in [1.165, 1.54) is 19.4 Å². The third-order valence-corrected chi connectivity index (χ3v) is 4.71. The Morgan fingerprint density at radius 3 is 2.75 bits per heavy atom. The number of aromatic nitrogens is 2. The molecular formula is C15H27ClN4. The fourth-order valence-corrected chi connectivity index (χ4v) is 3.42. The van der Waals surface area contributed by atoms with Crippen molar-refractivity contribution < 1.29 is 0 Å². The van der Waals surface area contributed by atoms with Crippen LogP contribution in [0.4, 0.5) is 0 Å². The molecule has 4 nitrogen and oxygen atoms in total. The van der Waals surface area contributed by atoms with Crippen LogP contribution in [-0.2, 0) is 19.5 Å². The summed E-state index contributed by atoms with van der Waals surface area (Å²) in [6, 6.07) is 0.683. The van der Waals surface area contributed by atoms with Gasteiger partial charge in [0.15, 0.2) is 0 Å². The Balaban J connectivity index is 1.92. The quantitative estimate of drug-likeness (QED) is 0.840. The summed E-state index contributed by atoms with van der Waals surface area (Å²) < 4.78 is 2.03. The number of likely N-dealkylation sites (N-methyl/N-ethyl adjacent to an activating group) is 1. The largest absolute Gasteiger partial charge is 0.310 e. The van der Waals surface area contributed by atoms with Gasteiger partial charge in [0.2, 0.25) is 0 Å². The molecule has 1 aliphatic rings. The van der Waals surface area contributed by atoms with E-state index in [0.29, 0.717) is 6.04 Å². The first kappa shape index (κ1) is 15.8. The Labute approximate surface area is 127 Å². The van der Waals surface area contributed by atoms with Gasteiger partial charge in [-0.05, 0) is 39.3 Å². The lowest BCUT2D eigenvalue weighted by Crippen LogP contribution is -2.37. The molecule has 0 bridgehead atoms. The van der Waals surface area contributed by atoms with Gasteiger partial charge in [0.25, 0.3) is 0 Å². The van der Waals surface area contributed by atoms with Crippen molar-refractivity contribution in [2.24, 2.45) is 0 Å². The van der Waals surface area contributed by atoms with Crippen molar-refractivity contribution in [3.05, 3.63) is 16.4 Å². The number of likely N-dealkylation sites (tertiary alicyclic amines) is 1. The van der Waals surface area contributed by atoms with Crippen molar-refractivity contribution in [1.29, 1.82) is 0 Å². The Kier molecular flexibility index (Phi) is 5.87. The fraction of sp³-hybridized carbons (Fsp3) is 0.800. The molecule has 5 heteroatoms. The highest BCUT2D eigenvalue weighted by molar-refractivity contribution is 6.31. The van der Waals surface area contributed by atoms with E-state index in [4.69, 9.17) is 11.6 Å². The molecule has 0 amide bonds. The van der Waals surface area contributed by atoms with Crippen LogP contribution in [0.5, 0.6) is 0 Å². The summed E-state index contributed by atoms with van der Waals surface area (Å²) in [7, 11) is 0. The van der Waals surface area contributed by atoms with E-state index in [9.17, 15) is 0 Å². The summed E-state index contributed by atoms with van der Waals surface area (Å²) in [6.07, 6.45) is 3.53. The van der Waals surface area contributed by atoms with Crippen LogP contribution in [0.15, 0.2) is 0 Å². The Bertz CT molecular complexity index is 430. The third-order valence-electron chi connectivity index (χ3n) is 4.27. The minimum atomic E-state index is 0.683. The molecule has 1 N–H and O–H groups in total. The number of aryl methyl sites for hydroxylation is 2. The lowest BCUT2D eigenvalue weighted by atomic mass is 10.2. The zero-order valence-corrected chi connectivity index (χ0v) is 13.7. The van der Waals surface area contributed by atoms with Gasteiger partial charge >= 0.3 is 0 Å². The van der Waals surface area contributed by atoms with Crippen LogP contribution in [0.25, 0.3) is 0 Å². The van der Waals surface area contributed by atoms with Crippen LogP contribution >= 0.6 is 11.6 Å². The van der Waals surface area contributed by atoms with Crippen LogP contribution in [0.3, 0.4) is 0 Å². The van der Waals surface area contributed by atoms with Gasteiger partial charge in [0, 0.05) is 25.7 Å². The summed E-state index contributed by atoms with van der Waals surface area (Å²) in [5.74, 6) is 0. The van der Waals surface area contributed by atoms with E-state index < -0.39 is 0 Å². The van der Waals surface area contributed by atoms with Gasteiger partial charge in [0.05, 0.1) is 16.4 Å². The topological polar surface area (TPSA) is 33.1 Å². The zero-order chi connectivity index (χ0) is 14.5. The number of hydrogen-bond acceptors (Lipinski definition) is 3. The molecule has 1 unspecified atom stereocenters. The predicted molar refractivity (Wildman–Crippen MR) is 84.3 cm³/mol. The van der Waals surface area contributed by atoms with Crippen LogP contribution in [0.1, 0.15) is 45.0 Å². The number of halogens is 1.